The number of hydrogen-bond donors (Lipinski definition) is 1. The Morgan fingerprint density at radius 2 is 2.07 bits per heavy atom. The zero-order valence-electron chi connectivity index (χ0n) is 15.4. The van der Waals surface area contributed by atoms with Crippen LogP contribution in [0.3, 0.4) is 0 Å². The molecule has 0 unspecified atom stereocenters. The number of benzene rings is 1. The molecule has 1 amide bonds. The SMILES string of the molecule is CCOc1cc([C@@H](CS(C)(=O)=O)N2Cc3c(N)csc3C2=O)ccc1OC. The van der Waals surface area contributed by atoms with Gasteiger partial charge in [0.15, 0.2) is 11.5 Å². The molecule has 0 saturated carbocycles. The number of hydrogen-bond acceptors (Lipinski definition) is 7. The molecule has 3 rings (SSSR count). The van der Waals surface area contributed by atoms with Crippen molar-refractivity contribution in [3.05, 3.63) is 39.6 Å². The summed E-state index contributed by atoms with van der Waals surface area (Å²) >= 11 is 1.29. The number of anilines is 1. The van der Waals surface area contributed by atoms with Crippen molar-refractivity contribution in [2.45, 2.75) is 19.5 Å². The van der Waals surface area contributed by atoms with Crippen LogP contribution in [-0.2, 0) is 16.4 Å². The molecule has 27 heavy (non-hydrogen) atoms. The fourth-order valence-electron chi connectivity index (χ4n) is 3.18. The molecule has 0 aliphatic carbocycles. The predicted octanol–water partition coefficient (Wildman–Crippen LogP) is 2.48. The summed E-state index contributed by atoms with van der Waals surface area (Å²) in [7, 11) is -1.81. The van der Waals surface area contributed by atoms with Gasteiger partial charge in [-0.25, -0.2) is 8.42 Å². The van der Waals surface area contributed by atoms with Crippen molar-refractivity contribution in [1.29, 1.82) is 0 Å². The van der Waals surface area contributed by atoms with Crippen LogP contribution in [0.2, 0.25) is 0 Å². The van der Waals surface area contributed by atoms with Crippen LogP contribution in [0.1, 0.15) is 33.8 Å². The number of thiophene rings is 1. The highest BCUT2D eigenvalue weighted by molar-refractivity contribution is 7.90. The number of sulfone groups is 1. The largest absolute Gasteiger partial charge is 0.493 e. The van der Waals surface area contributed by atoms with E-state index in [1.54, 1.807) is 28.5 Å². The average Bonchev–Trinajstić information content (AvgIpc) is 3.13. The lowest BCUT2D eigenvalue weighted by atomic mass is 10.1. The highest BCUT2D eigenvalue weighted by Gasteiger charge is 2.37. The fourth-order valence-corrected chi connectivity index (χ4v) is 5.06. The molecular formula is C18H22N2O5S2. The van der Waals surface area contributed by atoms with Gasteiger partial charge in [0, 0.05) is 22.9 Å². The first-order valence-corrected chi connectivity index (χ1v) is 11.3. The van der Waals surface area contributed by atoms with Gasteiger partial charge in [0.25, 0.3) is 5.91 Å². The molecule has 9 heteroatoms. The number of ether oxygens (including phenoxy) is 2. The van der Waals surface area contributed by atoms with E-state index in [0.717, 1.165) is 11.8 Å². The molecule has 2 heterocycles. The third-order valence-electron chi connectivity index (χ3n) is 4.42. The van der Waals surface area contributed by atoms with Gasteiger partial charge in [0.05, 0.1) is 36.9 Å². The molecule has 146 valence electrons. The maximum atomic E-state index is 12.9. The Morgan fingerprint density at radius 1 is 1.33 bits per heavy atom. The van der Waals surface area contributed by atoms with Crippen molar-refractivity contribution >= 4 is 32.8 Å². The normalized spacial score (nSPS) is 14.9. The molecule has 0 spiro atoms. The molecule has 1 aliphatic heterocycles. The van der Waals surface area contributed by atoms with Crippen LogP contribution in [0.25, 0.3) is 0 Å². The minimum Gasteiger partial charge on any atom is -0.493 e. The molecule has 1 aromatic heterocycles. The number of methoxy groups -OCH3 is 1. The molecule has 1 atom stereocenters. The zero-order chi connectivity index (χ0) is 19.8. The van der Waals surface area contributed by atoms with Crippen LogP contribution >= 0.6 is 11.3 Å². The van der Waals surface area contributed by atoms with E-state index >= 15 is 0 Å². The Morgan fingerprint density at radius 3 is 2.67 bits per heavy atom. The Labute approximate surface area is 162 Å². The molecule has 1 aromatic carbocycles. The quantitative estimate of drug-likeness (QED) is 0.753. The van der Waals surface area contributed by atoms with E-state index < -0.39 is 15.9 Å². The van der Waals surface area contributed by atoms with Gasteiger partial charge in [-0.1, -0.05) is 6.07 Å². The van der Waals surface area contributed by atoms with Gasteiger partial charge in [-0.2, -0.15) is 0 Å². The summed E-state index contributed by atoms with van der Waals surface area (Å²) in [5.74, 6) is 0.673. The summed E-state index contributed by atoms with van der Waals surface area (Å²) in [4.78, 5) is 15.0. The van der Waals surface area contributed by atoms with Crippen LogP contribution in [0, 0.1) is 0 Å². The Balaban J connectivity index is 2.03. The van der Waals surface area contributed by atoms with E-state index in [9.17, 15) is 13.2 Å². The molecule has 7 nitrogen and oxygen atoms in total. The number of nitrogen functional groups attached to an aromatic ring is 1. The maximum absolute atomic E-state index is 12.9. The minimum absolute atomic E-state index is 0.189. The van der Waals surface area contributed by atoms with Crippen molar-refractivity contribution in [2.24, 2.45) is 0 Å². The second-order valence-corrected chi connectivity index (χ2v) is 9.45. The second kappa shape index (κ2) is 7.40. The van der Waals surface area contributed by atoms with E-state index in [2.05, 4.69) is 0 Å². The van der Waals surface area contributed by atoms with Crippen molar-refractivity contribution in [2.75, 3.05) is 31.5 Å². The zero-order valence-corrected chi connectivity index (χ0v) is 17.0. The van der Waals surface area contributed by atoms with Crippen LogP contribution in [0.15, 0.2) is 23.6 Å². The molecule has 1 aliphatic rings. The first kappa shape index (κ1) is 19.5. The highest BCUT2D eigenvalue weighted by atomic mass is 32.2. The van der Waals surface area contributed by atoms with Crippen LogP contribution < -0.4 is 15.2 Å². The molecule has 0 radical (unpaired) electrons. The van der Waals surface area contributed by atoms with Crippen molar-refractivity contribution < 1.29 is 22.7 Å². The predicted molar refractivity (Wildman–Crippen MR) is 105 cm³/mol. The summed E-state index contributed by atoms with van der Waals surface area (Å²) in [5.41, 5.74) is 7.96. The third kappa shape index (κ3) is 3.89. The highest BCUT2D eigenvalue weighted by Crippen LogP contribution is 2.40. The van der Waals surface area contributed by atoms with E-state index in [1.807, 2.05) is 6.92 Å². The van der Waals surface area contributed by atoms with Gasteiger partial charge in [0.1, 0.15) is 9.84 Å². The first-order valence-electron chi connectivity index (χ1n) is 8.40. The number of rotatable bonds is 7. The number of amides is 1. The fraction of sp³-hybridized carbons (Fsp3) is 0.389. The number of fused-ring (bicyclic) bond motifs is 1. The summed E-state index contributed by atoms with van der Waals surface area (Å²) in [6, 6.07) is 4.58. The van der Waals surface area contributed by atoms with Crippen LogP contribution in [0.5, 0.6) is 11.5 Å². The van der Waals surface area contributed by atoms with E-state index in [-0.39, 0.29) is 11.7 Å². The van der Waals surface area contributed by atoms with Gasteiger partial charge in [-0.3, -0.25) is 4.79 Å². The summed E-state index contributed by atoms with van der Waals surface area (Å²) in [6.07, 6.45) is 1.16. The van der Waals surface area contributed by atoms with Gasteiger partial charge >= 0.3 is 0 Å². The first-order chi connectivity index (χ1) is 12.7. The standard InChI is InChI=1S/C18H22N2O5S2/c1-4-25-16-7-11(5-6-15(16)24-2)14(10-27(3,22)23)20-8-12-13(19)9-26-17(12)18(20)21/h5-7,9,14H,4,8,10,19H2,1-3H3/t14-/m1/s1. The van der Waals surface area contributed by atoms with Gasteiger partial charge in [-0.15, -0.1) is 11.3 Å². The number of nitrogens with two attached hydrogens (primary N) is 1. The Kier molecular flexibility index (Phi) is 5.34. The number of nitrogens with zero attached hydrogens (tertiary/aromatic N) is 1. The Bertz CT molecular complexity index is 968. The topological polar surface area (TPSA) is 98.9 Å². The van der Waals surface area contributed by atoms with Gasteiger partial charge in [-0.05, 0) is 24.6 Å². The molecule has 0 fully saturated rings. The average molecular weight is 411 g/mol. The second-order valence-electron chi connectivity index (χ2n) is 6.38. The smallest absolute Gasteiger partial charge is 0.265 e. The van der Waals surface area contributed by atoms with Crippen molar-refractivity contribution in [1.82, 2.24) is 4.90 Å². The van der Waals surface area contributed by atoms with E-state index in [1.165, 1.54) is 18.4 Å². The Hall–Kier alpha value is -2.26. The van der Waals surface area contributed by atoms with Crippen molar-refractivity contribution in [3.8, 4) is 11.5 Å². The number of carbonyl (C=O) groups excluding carboxylic acids is 1. The monoisotopic (exact) mass is 410 g/mol. The van der Waals surface area contributed by atoms with Crippen LogP contribution in [-0.4, -0.2) is 45.0 Å². The van der Waals surface area contributed by atoms with Crippen LogP contribution in [0.4, 0.5) is 5.69 Å². The van der Waals surface area contributed by atoms with E-state index in [0.29, 0.717) is 40.8 Å². The molecule has 2 N–H and O–H groups in total. The molecule has 0 bridgehead atoms. The molecule has 0 saturated heterocycles. The summed E-state index contributed by atoms with van der Waals surface area (Å²) in [6.45, 7) is 2.58. The third-order valence-corrected chi connectivity index (χ3v) is 6.37. The number of carbonyl (C=O) groups is 1. The van der Waals surface area contributed by atoms with Crippen molar-refractivity contribution in [3.63, 3.8) is 0 Å². The lowest BCUT2D eigenvalue weighted by Crippen LogP contribution is -2.33. The maximum Gasteiger partial charge on any atom is 0.265 e. The van der Waals surface area contributed by atoms with E-state index in [4.69, 9.17) is 15.2 Å². The lowest BCUT2D eigenvalue weighted by Gasteiger charge is -2.28. The lowest BCUT2D eigenvalue weighted by molar-refractivity contribution is 0.0721. The summed E-state index contributed by atoms with van der Waals surface area (Å²) < 4.78 is 35.1. The molecular weight excluding hydrogens is 388 g/mol. The molecule has 2 aromatic rings. The van der Waals surface area contributed by atoms with Gasteiger partial charge in [0.2, 0.25) is 0 Å². The van der Waals surface area contributed by atoms with Gasteiger partial charge < -0.3 is 20.1 Å². The minimum atomic E-state index is -3.35. The summed E-state index contributed by atoms with van der Waals surface area (Å²) in [5, 5.41) is 1.74.